The molecule has 0 aliphatic rings. The van der Waals surface area contributed by atoms with Crippen molar-refractivity contribution < 1.29 is 18.7 Å². The van der Waals surface area contributed by atoms with Gasteiger partial charge in [-0.1, -0.05) is 23.7 Å². The number of aryl methyl sites for hydroxylation is 3. The first-order valence-electron chi connectivity index (χ1n) is 11.1. The molecule has 5 nitrogen and oxygen atoms in total. The minimum absolute atomic E-state index is 0.204. The normalized spacial score (nSPS) is 11.2. The molecule has 0 fully saturated rings. The fourth-order valence-electron chi connectivity index (χ4n) is 4.33. The zero-order chi connectivity index (χ0) is 24.4. The van der Waals surface area contributed by atoms with E-state index in [1.807, 2.05) is 38.1 Å². The molecule has 0 saturated heterocycles. The fraction of sp³-hybridized carbons (Fsp3) is 0.296. The lowest BCUT2D eigenvalue weighted by molar-refractivity contribution is 0.0563. The van der Waals surface area contributed by atoms with Gasteiger partial charge in [0.2, 0.25) is 5.76 Å². The van der Waals surface area contributed by atoms with Gasteiger partial charge in [0.15, 0.2) is 0 Å². The van der Waals surface area contributed by atoms with Crippen molar-refractivity contribution in [3.05, 3.63) is 85.9 Å². The average Bonchev–Trinajstić information content (AvgIpc) is 3.39. The highest BCUT2D eigenvalue weighted by atomic mass is 79.9. The zero-order valence-electron chi connectivity index (χ0n) is 19.7. The highest BCUT2D eigenvalue weighted by Crippen LogP contribution is 2.33. The number of carbonyl (C=O) groups excluding carboxylic acids is 1. The summed E-state index contributed by atoms with van der Waals surface area (Å²) in [5, 5.41) is 1.99. The molecular weight excluding hydrogens is 518 g/mol. The molecule has 0 unspecified atom stereocenters. The van der Waals surface area contributed by atoms with E-state index < -0.39 is 5.97 Å². The number of hydrogen-bond donors (Lipinski definition) is 0. The smallest absolute Gasteiger partial charge is 0.373 e. The highest BCUT2D eigenvalue weighted by Gasteiger charge is 2.18. The predicted octanol–water partition coefficient (Wildman–Crippen LogP) is 7.42. The molecular formula is C27H27BrClNO4. The second-order valence-corrected chi connectivity index (χ2v) is 9.60. The molecule has 2 aromatic heterocycles. The Kier molecular flexibility index (Phi) is 7.39. The Balaban J connectivity index is 1.54. The second kappa shape index (κ2) is 10.3. The maximum atomic E-state index is 11.8. The number of esters is 1. The molecule has 34 heavy (non-hydrogen) atoms. The number of para-hydroxylation sites is 1. The van der Waals surface area contributed by atoms with Gasteiger partial charge in [0.1, 0.15) is 11.5 Å². The summed E-state index contributed by atoms with van der Waals surface area (Å²) < 4.78 is 19.8. The van der Waals surface area contributed by atoms with Crippen LogP contribution in [0.3, 0.4) is 0 Å². The molecule has 0 bridgehead atoms. The largest absolute Gasteiger partial charge is 0.494 e. The number of furan rings is 1. The first-order chi connectivity index (χ1) is 16.3. The molecule has 0 spiro atoms. The van der Waals surface area contributed by atoms with Crippen LogP contribution in [-0.2, 0) is 17.7 Å². The van der Waals surface area contributed by atoms with Crippen LogP contribution in [0, 0.1) is 20.8 Å². The second-order valence-electron chi connectivity index (χ2n) is 8.37. The van der Waals surface area contributed by atoms with Crippen LogP contribution in [0.4, 0.5) is 0 Å². The van der Waals surface area contributed by atoms with Gasteiger partial charge >= 0.3 is 5.97 Å². The summed E-state index contributed by atoms with van der Waals surface area (Å²) >= 11 is 9.99. The molecule has 178 valence electrons. The third-order valence-corrected chi connectivity index (χ3v) is 7.27. The van der Waals surface area contributed by atoms with E-state index in [2.05, 4.69) is 39.6 Å². The van der Waals surface area contributed by atoms with Gasteiger partial charge < -0.3 is 18.5 Å². The minimum atomic E-state index is -0.478. The first-order valence-corrected chi connectivity index (χ1v) is 12.3. The summed E-state index contributed by atoms with van der Waals surface area (Å²) in [4.78, 5) is 11.8. The number of rotatable bonds is 8. The number of aromatic nitrogens is 1. The molecule has 0 radical (unpaired) electrons. The summed E-state index contributed by atoms with van der Waals surface area (Å²) in [5.74, 6) is 1.27. The van der Waals surface area contributed by atoms with Crippen molar-refractivity contribution in [3.63, 3.8) is 0 Å². The van der Waals surface area contributed by atoms with Gasteiger partial charge in [0.05, 0.1) is 25.8 Å². The van der Waals surface area contributed by atoms with Crippen LogP contribution in [-0.4, -0.2) is 24.3 Å². The van der Waals surface area contributed by atoms with E-state index in [1.54, 1.807) is 6.07 Å². The fourth-order valence-corrected chi connectivity index (χ4v) is 5.02. The van der Waals surface area contributed by atoms with Gasteiger partial charge in [-0.3, -0.25) is 0 Å². The lowest BCUT2D eigenvalue weighted by atomic mass is 10.1. The minimum Gasteiger partial charge on any atom is -0.494 e. The summed E-state index contributed by atoms with van der Waals surface area (Å²) in [6.07, 6.45) is 1.75. The molecule has 4 rings (SSSR count). The van der Waals surface area contributed by atoms with Crippen LogP contribution in [0.25, 0.3) is 10.9 Å². The maximum absolute atomic E-state index is 11.8. The van der Waals surface area contributed by atoms with Crippen molar-refractivity contribution in [2.75, 3.05) is 13.7 Å². The number of benzene rings is 2. The van der Waals surface area contributed by atoms with E-state index in [-0.39, 0.29) is 5.76 Å². The van der Waals surface area contributed by atoms with Crippen LogP contribution < -0.4 is 4.74 Å². The number of ether oxygens (including phenoxy) is 2. The van der Waals surface area contributed by atoms with Crippen LogP contribution in [0.2, 0.25) is 5.02 Å². The van der Waals surface area contributed by atoms with E-state index in [1.165, 1.54) is 18.1 Å². The Labute approximate surface area is 212 Å². The quantitative estimate of drug-likeness (QED) is 0.171. The number of methoxy groups -OCH3 is 1. The van der Waals surface area contributed by atoms with Crippen LogP contribution >= 0.6 is 27.5 Å². The Hall–Kier alpha value is -2.70. The standard InChI is InChI=1S/C27H27BrClNO4/c1-16-13-20(14-17(2)25(16)29)33-12-6-8-21-18(3)30(26-22(21)7-5-9-23(26)28)15-19-10-11-24(34-19)27(31)32-4/h5,7,9-11,13-14H,6,8,12,15H2,1-4H3. The van der Waals surface area contributed by atoms with Crippen LogP contribution in [0.15, 0.2) is 51.4 Å². The zero-order valence-corrected chi connectivity index (χ0v) is 22.0. The number of hydrogen-bond acceptors (Lipinski definition) is 4. The van der Waals surface area contributed by atoms with Crippen molar-refractivity contribution >= 4 is 44.4 Å². The molecule has 4 aromatic rings. The molecule has 0 atom stereocenters. The molecule has 0 amide bonds. The number of halogens is 2. The van der Waals surface area contributed by atoms with Crippen molar-refractivity contribution in [2.24, 2.45) is 0 Å². The Morgan fingerprint density at radius 1 is 1.12 bits per heavy atom. The van der Waals surface area contributed by atoms with Gasteiger partial charge in [-0.05, 0) is 96.6 Å². The monoisotopic (exact) mass is 543 g/mol. The van der Waals surface area contributed by atoms with Crippen LogP contribution in [0.1, 0.15) is 45.1 Å². The lowest BCUT2D eigenvalue weighted by Crippen LogP contribution is -2.04. The van der Waals surface area contributed by atoms with E-state index in [4.69, 9.17) is 25.5 Å². The summed E-state index contributed by atoms with van der Waals surface area (Å²) in [5.41, 5.74) is 5.59. The first kappa shape index (κ1) is 24.4. The summed E-state index contributed by atoms with van der Waals surface area (Å²) in [6.45, 7) is 7.23. The van der Waals surface area contributed by atoms with E-state index in [9.17, 15) is 4.79 Å². The summed E-state index contributed by atoms with van der Waals surface area (Å²) in [6, 6.07) is 13.7. The van der Waals surface area contributed by atoms with Gasteiger partial charge in [0, 0.05) is 20.6 Å². The Morgan fingerprint density at radius 3 is 2.56 bits per heavy atom. The number of carbonyl (C=O) groups is 1. The van der Waals surface area contributed by atoms with Crippen molar-refractivity contribution in [1.29, 1.82) is 0 Å². The van der Waals surface area contributed by atoms with Gasteiger partial charge in [0.25, 0.3) is 0 Å². The third kappa shape index (κ3) is 4.89. The maximum Gasteiger partial charge on any atom is 0.373 e. The topological polar surface area (TPSA) is 53.6 Å². The molecule has 0 saturated carbocycles. The van der Waals surface area contributed by atoms with E-state index in [0.717, 1.165) is 50.4 Å². The van der Waals surface area contributed by atoms with E-state index >= 15 is 0 Å². The highest BCUT2D eigenvalue weighted by molar-refractivity contribution is 9.10. The number of nitrogens with zero attached hydrogens (tertiary/aromatic N) is 1. The van der Waals surface area contributed by atoms with Gasteiger partial charge in [-0.2, -0.15) is 0 Å². The molecule has 0 aliphatic carbocycles. The van der Waals surface area contributed by atoms with E-state index in [0.29, 0.717) is 18.9 Å². The van der Waals surface area contributed by atoms with Gasteiger partial charge in [-0.15, -0.1) is 0 Å². The number of fused-ring (bicyclic) bond motifs is 1. The Morgan fingerprint density at radius 2 is 1.85 bits per heavy atom. The van der Waals surface area contributed by atoms with Gasteiger partial charge in [-0.25, -0.2) is 4.79 Å². The van der Waals surface area contributed by atoms with Crippen molar-refractivity contribution in [1.82, 2.24) is 4.57 Å². The predicted molar refractivity (Wildman–Crippen MR) is 138 cm³/mol. The SMILES string of the molecule is COC(=O)c1ccc(Cn2c(C)c(CCCOc3cc(C)c(Cl)c(C)c3)c3cccc(Br)c32)o1. The van der Waals surface area contributed by atoms with Crippen LogP contribution in [0.5, 0.6) is 5.75 Å². The Bertz CT molecular complexity index is 1330. The summed E-state index contributed by atoms with van der Waals surface area (Å²) in [7, 11) is 1.34. The van der Waals surface area contributed by atoms with Crippen molar-refractivity contribution in [2.45, 2.75) is 40.2 Å². The lowest BCUT2D eigenvalue weighted by Gasteiger charge is -2.10. The van der Waals surface area contributed by atoms with Crippen molar-refractivity contribution in [3.8, 4) is 5.75 Å². The molecule has 7 heteroatoms. The average molecular weight is 545 g/mol. The molecule has 2 aromatic carbocycles. The molecule has 2 heterocycles. The third-order valence-electron chi connectivity index (χ3n) is 6.04. The molecule has 0 aliphatic heterocycles. The molecule has 0 N–H and O–H groups in total.